The van der Waals surface area contributed by atoms with Crippen molar-refractivity contribution in [3.8, 4) is 0 Å². The van der Waals surface area contributed by atoms with E-state index in [4.69, 9.17) is 0 Å². The predicted molar refractivity (Wildman–Crippen MR) is 130 cm³/mol. The third-order valence-electron chi connectivity index (χ3n) is 6.92. The molecule has 0 radical (unpaired) electrons. The van der Waals surface area contributed by atoms with Crippen molar-refractivity contribution in [2.75, 3.05) is 37.6 Å². The Balaban J connectivity index is 1.49. The number of piperazine rings is 1. The number of halogens is 3. The molecule has 0 bridgehead atoms. The van der Waals surface area contributed by atoms with Gasteiger partial charge >= 0.3 is 6.18 Å². The summed E-state index contributed by atoms with van der Waals surface area (Å²) in [6.07, 6.45) is -0.728. The van der Waals surface area contributed by atoms with Crippen LogP contribution in [0, 0.1) is 0 Å². The summed E-state index contributed by atoms with van der Waals surface area (Å²) in [5.74, 6) is 0.767. The van der Waals surface area contributed by atoms with E-state index in [0.29, 0.717) is 44.2 Å². The van der Waals surface area contributed by atoms with Crippen molar-refractivity contribution in [3.05, 3.63) is 53.0 Å². The number of amides is 1. The van der Waals surface area contributed by atoms with Crippen LogP contribution in [0.15, 0.2) is 30.6 Å². The number of aryl methyl sites for hydroxylation is 1. The van der Waals surface area contributed by atoms with Gasteiger partial charge in [-0.05, 0) is 57.2 Å². The molecule has 1 aromatic carbocycles. The minimum atomic E-state index is -4.41. The molecule has 35 heavy (non-hydrogen) atoms. The van der Waals surface area contributed by atoms with Crippen molar-refractivity contribution in [2.24, 2.45) is 0 Å². The molecule has 190 valence electrons. The van der Waals surface area contributed by atoms with Crippen LogP contribution >= 0.6 is 0 Å². The van der Waals surface area contributed by atoms with E-state index in [-0.39, 0.29) is 11.4 Å². The number of carbonyl (C=O) groups is 1. The van der Waals surface area contributed by atoms with Crippen LogP contribution in [0.1, 0.15) is 68.3 Å². The predicted octanol–water partition coefficient (Wildman–Crippen LogP) is 4.37. The lowest BCUT2D eigenvalue weighted by atomic mass is 9.94. The van der Waals surface area contributed by atoms with Gasteiger partial charge in [0.2, 0.25) is 5.91 Å². The quantitative estimate of drug-likeness (QED) is 0.676. The number of nitrogens with zero attached hydrogens (tertiary/aromatic N) is 4. The SMILES string of the molecule is C[C@@H]1CCc2ncnc(N3CCN(C(=O)C(CNC(C)(C)C)c4ccc(C(F)(F)F)cc4)CC3)c21. The van der Waals surface area contributed by atoms with Crippen molar-refractivity contribution in [1.82, 2.24) is 20.2 Å². The maximum Gasteiger partial charge on any atom is 0.416 e. The van der Waals surface area contributed by atoms with Gasteiger partial charge in [0, 0.05) is 49.5 Å². The van der Waals surface area contributed by atoms with E-state index in [0.717, 1.165) is 36.5 Å². The van der Waals surface area contributed by atoms with E-state index < -0.39 is 17.7 Å². The second kappa shape index (κ2) is 9.76. The summed E-state index contributed by atoms with van der Waals surface area (Å²) in [7, 11) is 0. The fraction of sp³-hybridized carbons (Fsp3) is 0.577. The number of aromatic nitrogens is 2. The summed E-state index contributed by atoms with van der Waals surface area (Å²) in [6, 6.07) is 4.97. The van der Waals surface area contributed by atoms with E-state index in [2.05, 4.69) is 27.1 Å². The van der Waals surface area contributed by atoms with Gasteiger partial charge in [0.05, 0.1) is 11.5 Å². The molecule has 6 nitrogen and oxygen atoms in total. The molecule has 1 fully saturated rings. The molecule has 0 saturated carbocycles. The normalized spacial score (nSPS) is 19.6. The van der Waals surface area contributed by atoms with Crippen LogP contribution in [0.25, 0.3) is 0 Å². The molecule has 1 unspecified atom stereocenters. The van der Waals surface area contributed by atoms with Crippen molar-refractivity contribution < 1.29 is 18.0 Å². The summed E-state index contributed by atoms with van der Waals surface area (Å²) in [4.78, 5) is 26.7. The van der Waals surface area contributed by atoms with Gasteiger partial charge in [-0.15, -0.1) is 0 Å². The zero-order valence-electron chi connectivity index (χ0n) is 20.8. The summed E-state index contributed by atoms with van der Waals surface area (Å²) in [6.45, 7) is 11.0. The molecule has 1 saturated heterocycles. The number of nitrogens with one attached hydrogen (secondary N) is 1. The highest BCUT2D eigenvalue weighted by atomic mass is 19.4. The molecule has 9 heteroatoms. The van der Waals surface area contributed by atoms with E-state index in [1.807, 2.05) is 25.7 Å². The lowest BCUT2D eigenvalue weighted by Gasteiger charge is -2.38. The van der Waals surface area contributed by atoms with Gasteiger partial charge in [-0.3, -0.25) is 4.79 Å². The second-order valence-corrected chi connectivity index (χ2v) is 10.6. The van der Waals surface area contributed by atoms with Crippen LogP contribution in [0.5, 0.6) is 0 Å². The monoisotopic (exact) mass is 489 g/mol. The maximum absolute atomic E-state index is 13.6. The Labute approximate surface area is 204 Å². The largest absolute Gasteiger partial charge is 0.416 e. The Morgan fingerprint density at radius 3 is 2.34 bits per heavy atom. The molecule has 2 aliphatic rings. The molecule has 1 amide bonds. The van der Waals surface area contributed by atoms with Crippen LogP contribution in [-0.4, -0.2) is 59.0 Å². The Morgan fingerprint density at radius 2 is 1.74 bits per heavy atom. The van der Waals surface area contributed by atoms with Crippen LogP contribution in [0.3, 0.4) is 0 Å². The zero-order chi connectivity index (χ0) is 25.4. The minimum Gasteiger partial charge on any atom is -0.353 e. The lowest BCUT2D eigenvalue weighted by molar-refractivity contribution is -0.137. The first-order valence-electron chi connectivity index (χ1n) is 12.2. The smallest absolute Gasteiger partial charge is 0.353 e. The van der Waals surface area contributed by atoms with Crippen molar-refractivity contribution in [1.29, 1.82) is 0 Å². The van der Waals surface area contributed by atoms with Crippen LogP contribution < -0.4 is 10.2 Å². The molecular weight excluding hydrogens is 455 g/mol. The third-order valence-corrected chi connectivity index (χ3v) is 6.92. The molecule has 1 aromatic heterocycles. The summed E-state index contributed by atoms with van der Waals surface area (Å²) < 4.78 is 39.2. The van der Waals surface area contributed by atoms with Crippen LogP contribution in [0.2, 0.25) is 0 Å². The average Bonchev–Trinajstić information content (AvgIpc) is 3.19. The van der Waals surface area contributed by atoms with Gasteiger partial charge in [0.1, 0.15) is 12.1 Å². The molecule has 2 heterocycles. The van der Waals surface area contributed by atoms with Crippen molar-refractivity contribution in [2.45, 2.75) is 64.1 Å². The first-order chi connectivity index (χ1) is 16.4. The fourth-order valence-electron chi connectivity index (χ4n) is 4.89. The van der Waals surface area contributed by atoms with Gasteiger partial charge in [-0.2, -0.15) is 13.2 Å². The van der Waals surface area contributed by atoms with Gasteiger partial charge in [-0.25, -0.2) is 9.97 Å². The minimum absolute atomic E-state index is 0.0672. The number of fused-ring (bicyclic) bond motifs is 1. The van der Waals surface area contributed by atoms with Crippen molar-refractivity contribution in [3.63, 3.8) is 0 Å². The fourth-order valence-corrected chi connectivity index (χ4v) is 4.89. The molecule has 1 N–H and O–H groups in total. The van der Waals surface area contributed by atoms with Gasteiger partial charge in [-0.1, -0.05) is 19.1 Å². The van der Waals surface area contributed by atoms with E-state index in [1.54, 1.807) is 6.33 Å². The molecule has 2 atom stereocenters. The van der Waals surface area contributed by atoms with Gasteiger partial charge < -0.3 is 15.1 Å². The average molecular weight is 490 g/mol. The standard InChI is InChI=1S/C26H34F3N5O/c1-17-5-10-21-22(17)23(31-16-30-21)33-11-13-34(14-12-33)24(35)20(15-32-25(2,3)4)18-6-8-19(9-7-18)26(27,28)29/h6-9,16-17,20,32H,5,10-15H2,1-4H3/t17-,20?/m1/s1. The number of alkyl halides is 3. The number of hydrogen-bond acceptors (Lipinski definition) is 5. The van der Waals surface area contributed by atoms with Crippen LogP contribution in [-0.2, 0) is 17.4 Å². The van der Waals surface area contributed by atoms with Crippen LogP contribution in [0.4, 0.5) is 19.0 Å². The highest BCUT2D eigenvalue weighted by molar-refractivity contribution is 5.84. The summed E-state index contributed by atoms with van der Waals surface area (Å²) in [5.41, 5.74) is 2.00. The van der Waals surface area contributed by atoms with E-state index in [9.17, 15) is 18.0 Å². The highest BCUT2D eigenvalue weighted by Gasteiger charge is 2.34. The van der Waals surface area contributed by atoms with Crippen molar-refractivity contribution >= 4 is 11.7 Å². The van der Waals surface area contributed by atoms with Gasteiger partial charge in [0.15, 0.2) is 0 Å². The Hall–Kier alpha value is -2.68. The zero-order valence-corrected chi connectivity index (χ0v) is 20.8. The first kappa shape index (κ1) is 25.4. The summed E-state index contributed by atoms with van der Waals surface area (Å²) >= 11 is 0. The number of carbonyl (C=O) groups excluding carboxylic acids is 1. The third kappa shape index (κ3) is 5.77. The molecular formula is C26H34F3N5O. The van der Waals surface area contributed by atoms with E-state index in [1.165, 1.54) is 17.7 Å². The maximum atomic E-state index is 13.6. The summed E-state index contributed by atoms with van der Waals surface area (Å²) in [5, 5.41) is 3.36. The van der Waals surface area contributed by atoms with E-state index >= 15 is 0 Å². The highest BCUT2D eigenvalue weighted by Crippen LogP contribution is 2.37. The Morgan fingerprint density at radius 1 is 1.09 bits per heavy atom. The molecule has 2 aromatic rings. The van der Waals surface area contributed by atoms with Gasteiger partial charge in [0.25, 0.3) is 0 Å². The lowest BCUT2D eigenvalue weighted by Crippen LogP contribution is -2.52. The Bertz CT molecular complexity index is 1040. The second-order valence-electron chi connectivity index (χ2n) is 10.6. The molecule has 4 rings (SSSR count). The number of anilines is 1. The number of benzene rings is 1. The Kier molecular flexibility index (Phi) is 7.09. The number of rotatable bonds is 5. The first-order valence-corrected chi connectivity index (χ1v) is 12.2. The topological polar surface area (TPSA) is 61.4 Å². The molecule has 1 aliphatic heterocycles. The molecule has 1 aliphatic carbocycles. The number of hydrogen-bond donors (Lipinski definition) is 1. The molecule has 0 spiro atoms.